The lowest BCUT2D eigenvalue weighted by Crippen LogP contribution is -2.07. The lowest BCUT2D eigenvalue weighted by atomic mass is 10.0. The molecule has 0 aliphatic heterocycles. The minimum atomic E-state index is -0.610. The van der Waals surface area contributed by atoms with Crippen LogP contribution in [0.15, 0.2) is 36.4 Å². The summed E-state index contributed by atoms with van der Waals surface area (Å²) in [5.74, 6) is -0.848. The number of ether oxygens (including phenoxy) is 1. The summed E-state index contributed by atoms with van der Waals surface area (Å²) in [5, 5.41) is 0.473. The fourth-order valence-corrected chi connectivity index (χ4v) is 1.95. The number of ketones is 1. The first-order chi connectivity index (χ1) is 9.04. The molecule has 0 bridgehead atoms. The Kier molecular flexibility index (Phi) is 3.86. The van der Waals surface area contributed by atoms with Gasteiger partial charge in [0.2, 0.25) is 0 Å². The van der Waals surface area contributed by atoms with Crippen LogP contribution >= 0.6 is 11.6 Å². The monoisotopic (exact) mass is 278 g/mol. The molecule has 0 unspecified atom stereocenters. The van der Waals surface area contributed by atoms with Crippen molar-refractivity contribution in [3.05, 3.63) is 63.9 Å². The molecule has 2 aromatic carbocycles. The summed E-state index contributed by atoms with van der Waals surface area (Å²) in [6.07, 6.45) is 0. The highest BCUT2D eigenvalue weighted by molar-refractivity contribution is 6.32. The van der Waals surface area contributed by atoms with E-state index in [9.17, 15) is 9.18 Å². The summed E-state index contributed by atoms with van der Waals surface area (Å²) in [4.78, 5) is 12.3. The number of halogens is 2. The van der Waals surface area contributed by atoms with E-state index in [-0.39, 0.29) is 11.3 Å². The standard InChI is InChI=1S/C15H12ClFO2/c1-9-6-7-10(8-11(9)16)15(18)14-12(17)4-3-5-13(14)19-2/h3-8H,1-2H3. The van der Waals surface area contributed by atoms with E-state index in [1.165, 1.54) is 25.3 Å². The third-order valence-electron chi connectivity index (χ3n) is 2.86. The average molecular weight is 279 g/mol. The lowest BCUT2D eigenvalue weighted by molar-refractivity contribution is 0.103. The number of hydrogen-bond acceptors (Lipinski definition) is 2. The lowest BCUT2D eigenvalue weighted by Gasteiger charge is -2.09. The Labute approximate surface area is 115 Å². The molecule has 19 heavy (non-hydrogen) atoms. The first-order valence-electron chi connectivity index (χ1n) is 5.68. The molecule has 4 heteroatoms. The second-order valence-corrected chi connectivity index (χ2v) is 4.52. The molecule has 0 atom stereocenters. The predicted molar refractivity (Wildman–Crippen MR) is 72.6 cm³/mol. The predicted octanol–water partition coefficient (Wildman–Crippen LogP) is 4.03. The maximum absolute atomic E-state index is 13.8. The molecule has 0 saturated heterocycles. The summed E-state index contributed by atoms with van der Waals surface area (Å²) < 4.78 is 18.8. The average Bonchev–Trinajstić information content (AvgIpc) is 2.40. The SMILES string of the molecule is COc1cccc(F)c1C(=O)c1ccc(C)c(Cl)c1. The van der Waals surface area contributed by atoms with Crippen molar-refractivity contribution in [2.45, 2.75) is 6.92 Å². The van der Waals surface area contributed by atoms with E-state index in [0.29, 0.717) is 10.6 Å². The normalized spacial score (nSPS) is 10.3. The van der Waals surface area contributed by atoms with E-state index >= 15 is 0 Å². The maximum Gasteiger partial charge on any atom is 0.199 e. The van der Waals surface area contributed by atoms with Gasteiger partial charge in [0, 0.05) is 10.6 Å². The third-order valence-corrected chi connectivity index (χ3v) is 3.26. The van der Waals surface area contributed by atoms with E-state index in [2.05, 4.69) is 0 Å². The number of hydrogen-bond donors (Lipinski definition) is 0. The molecule has 0 N–H and O–H groups in total. The van der Waals surface area contributed by atoms with Crippen molar-refractivity contribution in [2.24, 2.45) is 0 Å². The van der Waals surface area contributed by atoms with Gasteiger partial charge in [-0.25, -0.2) is 4.39 Å². The van der Waals surface area contributed by atoms with Crippen LogP contribution in [0.3, 0.4) is 0 Å². The number of methoxy groups -OCH3 is 1. The summed E-state index contributed by atoms with van der Waals surface area (Å²) >= 11 is 5.98. The molecule has 0 amide bonds. The molecule has 0 radical (unpaired) electrons. The van der Waals surface area contributed by atoms with Crippen molar-refractivity contribution in [1.82, 2.24) is 0 Å². The molecular weight excluding hydrogens is 267 g/mol. The van der Waals surface area contributed by atoms with E-state index in [4.69, 9.17) is 16.3 Å². The third kappa shape index (κ3) is 2.61. The number of carbonyl (C=O) groups excluding carboxylic acids is 1. The molecule has 98 valence electrons. The van der Waals surface area contributed by atoms with Gasteiger partial charge in [-0.05, 0) is 30.7 Å². The Morgan fingerprint density at radius 1 is 1.26 bits per heavy atom. The van der Waals surface area contributed by atoms with E-state index in [0.717, 1.165) is 5.56 Å². The molecule has 2 nitrogen and oxygen atoms in total. The Morgan fingerprint density at radius 2 is 2.00 bits per heavy atom. The molecule has 0 heterocycles. The number of aryl methyl sites for hydroxylation is 1. The summed E-state index contributed by atoms with van der Waals surface area (Å²) in [7, 11) is 1.40. The zero-order valence-electron chi connectivity index (χ0n) is 10.5. The van der Waals surface area contributed by atoms with Crippen LogP contribution in [0.2, 0.25) is 5.02 Å². The van der Waals surface area contributed by atoms with Gasteiger partial charge in [0.05, 0.1) is 7.11 Å². The summed E-state index contributed by atoms with van der Waals surface area (Å²) in [5.41, 5.74) is 1.11. The van der Waals surface area contributed by atoms with Gasteiger partial charge in [-0.1, -0.05) is 29.8 Å². The Balaban J connectivity index is 2.52. The van der Waals surface area contributed by atoms with Crippen molar-refractivity contribution in [3.8, 4) is 5.75 Å². The topological polar surface area (TPSA) is 26.3 Å². The molecule has 0 saturated carbocycles. The van der Waals surface area contributed by atoms with Crippen LogP contribution in [-0.4, -0.2) is 12.9 Å². The van der Waals surface area contributed by atoms with Gasteiger partial charge in [0.15, 0.2) is 5.78 Å². The van der Waals surface area contributed by atoms with E-state index in [1.54, 1.807) is 18.2 Å². The Morgan fingerprint density at radius 3 is 2.63 bits per heavy atom. The van der Waals surface area contributed by atoms with Gasteiger partial charge in [0.25, 0.3) is 0 Å². The smallest absolute Gasteiger partial charge is 0.199 e. The van der Waals surface area contributed by atoms with Crippen LogP contribution in [0, 0.1) is 12.7 Å². The van der Waals surface area contributed by atoms with Gasteiger partial charge in [-0.2, -0.15) is 0 Å². The quantitative estimate of drug-likeness (QED) is 0.793. The van der Waals surface area contributed by atoms with Crippen LogP contribution in [0.1, 0.15) is 21.5 Å². The number of benzene rings is 2. The van der Waals surface area contributed by atoms with E-state index in [1.807, 2.05) is 6.92 Å². The van der Waals surface area contributed by atoms with Crippen LogP contribution in [0.5, 0.6) is 5.75 Å². The van der Waals surface area contributed by atoms with Crippen molar-refractivity contribution in [1.29, 1.82) is 0 Å². The second kappa shape index (κ2) is 5.41. The van der Waals surface area contributed by atoms with Crippen molar-refractivity contribution in [3.63, 3.8) is 0 Å². The maximum atomic E-state index is 13.8. The van der Waals surface area contributed by atoms with Gasteiger partial charge in [0.1, 0.15) is 17.1 Å². The molecule has 2 rings (SSSR count). The molecular formula is C15H12ClFO2. The molecule has 0 fully saturated rings. The number of rotatable bonds is 3. The molecule has 0 aliphatic carbocycles. The Hall–Kier alpha value is -1.87. The first kappa shape index (κ1) is 13.6. The highest BCUT2D eigenvalue weighted by Crippen LogP contribution is 2.26. The van der Waals surface area contributed by atoms with Crippen molar-refractivity contribution in [2.75, 3.05) is 7.11 Å². The molecule has 0 aliphatic rings. The highest BCUT2D eigenvalue weighted by atomic mass is 35.5. The van der Waals surface area contributed by atoms with Gasteiger partial charge in [-0.15, -0.1) is 0 Å². The molecule has 0 spiro atoms. The van der Waals surface area contributed by atoms with Gasteiger partial charge >= 0.3 is 0 Å². The zero-order chi connectivity index (χ0) is 14.0. The fraction of sp³-hybridized carbons (Fsp3) is 0.133. The zero-order valence-corrected chi connectivity index (χ0v) is 11.3. The van der Waals surface area contributed by atoms with Gasteiger partial charge < -0.3 is 4.74 Å². The summed E-state index contributed by atoms with van der Waals surface area (Å²) in [6, 6.07) is 9.15. The minimum Gasteiger partial charge on any atom is -0.496 e. The fourth-order valence-electron chi connectivity index (χ4n) is 1.77. The van der Waals surface area contributed by atoms with Crippen LogP contribution in [0.4, 0.5) is 4.39 Å². The van der Waals surface area contributed by atoms with Crippen LogP contribution in [0.25, 0.3) is 0 Å². The Bertz CT molecular complexity index is 638. The molecule has 2 aromatic rings. The van der Waals surface area contributed by atoms with Crippen molar-refractivity contribution < 1.29 is 13.9 Å². The molecule has 0 aromatic heterocycles. The minimum absolute atomic E-state index is 0.0788. The highest BCUT2D eigenvalue weighted by Gasteiger charge is 2.19. The van der Waals surface area contributed by atoms with Crippen LogP contribution in [-0.2, 0) is 0 Å². The second-order valence-electron chi connectivity index (χ2n) is 4.11. The number of carbonyl (C=O) groups is 1. The largest absolute Gasteiger partial charge is 0.496 e. The van der Waals surface area contributed by atoms with Crippen LogP contribution < -0.4 is 4.74 Å². The van der Waals surface area contributed by atoms with Gasteiger partial charge in [-0.3, -0.25) is 4.79 Å². The van der Waals surface area contributed by atoms with E-state index < -0.39 is 11.6 Å². The summed E-state index contributed by atoms with van der Waals surface area (Å²) in [6.45, 7) is 1.83. The van der Waals surface area contributed by atoms with Crippen molar-refractivity contribution >= 4 is 17.4 Å². The first-order valence-corrected chi connectivity index (χ1v) is 6.05.